The zero-order valence-corrected chi connectivity index (χ0v) is 18.3. The van der Waals surface area contributed by atoms with E-state index in [0.717, 1.165) is 31.2 Å². The Morgan fingerprint density at radius 3 is 2.35 bits per heavy atom. The van der Waals surface area contributed by atoms with E-state index in [1.54, 1.807) is 0 Å². The molecule has 0 amide bonds. The van der Waals surface area contributed by atoms with Crippen molar-refractivity contribution in [1.82, 2.24) is 0 Å². The van der Waals surface area contributed by atoms with Gasteiger partial charge in [-0.2, -0.15) is 0 Å². The number of aryl methyl sites for hydroxylation is 2. The van der Waals surface area contributed by atoms with Gasteiger partial charge in [-0.05, 0) is 73.6 Å². The topological polar surface area (TPSA) is 40.5 Å². The third kappa shape index (κ3) is 3.52. The number of hydrogen-bond donors (Lipinski definition) is 2. The molecule has 0 spiro atoms. The lowest BCUT2D eigenvalue weighted by atomic mass is 9.54. The SMILES string of the molecule is Cc1ccc2c(c1)CCC[C@H]1C[C@@](O)(c3ccccc3)[C@H](O)C[C@@]21Cc1ccccc1. The van der Waals surface area contributed by atoms with E-state index >= 15 is 0 Å². The summed E-state index contributed by atoms with van der Waals surface area (Å²) in [5.74, 6) is 0.310. The monoisotopic (exact) mass is 412 g/mol. The number of aliphatic hydroxyl groups excluding tert-OH is 1. The number of rotatable bonds is 3. The summed E-state index contributed by atoms with van der Waals surface area (Å²) in [6, 6.07) is 27.3. The molecule has 2 N–H and O–H groups in total. The van der Waals surface area contributed by atoms with Crippen LogP contribution in [-0.4, -0.2) is 16.3 Å². The maximum atomic E-state index is 11.8. The summed E-state index contributed by atoms with van der Waals surface area (Å²) >= 11 is 0. The van der Waals surface area contributed by atoms with Gasteiger partial charge in [0.1, 0.15) is 5.60 Å². The summed E-state index contributed by atoms with van der Waals surface area (Å²) in [7, 11) is 0. The molecule has 5 rings (SSSR count). The van der Waals surface area contributed by atoms with Gasteiger partial charge in [0.15, 0.2) is 0 Å². The Labute approximate surface area is 185 Å². The zero-order chi connectivity index (χ0) is 21.5. The molecular weight excluding hydrogens is 380 g/mol. The van der Waals surface area contributed by atoms with Crippen LogP contribution in [0.25, 0.3) is 0 Å². The van der Waals surface area contributed by atoms with Crippen LogP contribution in [0.5, 0.6) is 0 Å². The van der Waals surface area contributed by atoms with Crippen LogP contribution in [-0.2, 0) is 23.9 Å². The largest absolute Gasteiger partial charge is 0.390 e. The first-order valence-corrected chi connectivity index (χ1v) is 11.6. The van der Waals surface area contributed by atoms with Crippen molar-refractivity contribution in [3.8, 4) is 0 Å². The van der Waals surface area contributed by atoms with Gasteiger partial charge in [-0.25, -0.2) is 0 Å². The van der Waals surface area contributed by atoms with Crippen molar-refractivity contribution in [3.63, 3.8) is 0 Å². The van der Waals surface area contributed by atoms with Crippen LogP contribution in [0.15, 0.2) is 78.9 Å². The normalized spacial score (nSPS) is 30.2. The molecule has 31 heavy (non-hydrogen) atoms. The fourth-order valence-corrected chi connectivity index (χ4v) is 6.36. The third-order valence-corrected chi connectivity index (χ3v) is 7.88. The quantitative estimate of drug-likeness (QED) is 0.599. The Hall–Kier alpha value is -2.42. The van der Waals surface area contributed by atoms with E-state index < -0.39 is 11.7 Å². The standard InChI is InChI=1S/C29H32O2/c1-21-15-16-26-23(17-21)11-8-14-25-19-29(31,24-12-6-3-7-13-24)27(30)20-28(25,26)18-22-9-4-2-5-10-22/h2-7,9-10,12-13,15-17,25,27,30-31H,8,11,14,18-20H2,1H3/t25-,27+,28+,29+/m0/s1. The van der Waals surface area contributed by atoms with Crippen molar-refractivity contribution in [2.24, 2.45) is 5.92 Å². The van der Waals surface area contributed by atoms with Crippen molar-refractivity contribution in [3.05, 3.63) is 107 Å². The van der Waals surface area contributed by atoms with E-state index in [1.165, 1.54) is 22.3 Å². The second-order valence-corrected chi connectivity index (χ2v) is 9.78. The smallest absolute Gasteiger partial charge is 0.116 e. The molecule has 0 heterocycles. The molecular formula is C29H32O2. The molecule has 160 valence electrons. The molecule has 0 radical (unpaired) electrons. The lowest BCUT2D eigenvalue weighted by Crippen LogP contribution is -2.55. The highest BCUT2D eigenvalue weighted by Gasteiger charge is 2.55. The second-order valence-electron chi connectivity index (χ2n) is 9.78. The van der Waals surface area contributed by atoms with Gasteiger partial charge in [-0.15, -0.1) is 0 Å². The highest BCUT2D eigenvalue weighted by molar-refractivity contribution is 5.43. The maximum Gasteiger partial charge on any atom is 0.116 e. The van der Waals surface area contributed by atoms with Gasteiger partial charge in [0, 0.05) is 5.41 Å². The minimum atomic E-state index is -1.19. The summed E-state index contributed by atoms with van der Waals surface area (Å²) < 4.78 is 0. The van der Waals surface area contributed by atoms with Crippen LogP contribution >= 0.6 is 0 Å². The summed E-state index contributed by atoms with van der Waals surface area (Å²) in [4.78, 5) is 0. The van der Waals surface area contributed by atoms with E-state index in [-0.39, 0.29) is 5.41 Å². The molecule has 0 saturated heterocycles. The number of fused-ring (bicyclic) bond motifs is 3. The van der Waals surface area contributed by atoms with Gasteiger partial charge >= 0.3 is 0 Å². The summed E-state index contributed by atoms with van der Waals surface area (Å²) in [6.45, 7) is 2.16. The average Bonchev–Trinajstić information content (AvgIpc) is 2.92. The number of hydrogen-bond acceptors (Lipinski definition) is 2. The van der Waals surface area contributed by atoms with Crippen LogP contribution < -0.4 is 0 Å². The first-order chi connectivity index (χ1) is 15.0. The van der Waals surface area contributed by atoms with Gasteiger partial charge < -0.3 is 10.2 Å². The van der Waals surface area contributed by atoms with Gasteiger partial charge in [0.25, 0.3) is 0 Å². The summed E-state index contributed by atoms with van der Waals surface area (Å²) in [5.41, 5.74) is 4.89. The Kier molecular flexibility index (Phi) is 5.24. The molecule has 1 saturated carbocycles. The summed E-state index contributed by atoms with van der Waals surface area (Å²) in [6.07, 6.45) is 4.54. The van der Waals surface area contributed by atoms with Crippen molar-refractivity contribution >= 4 is 0 Å². The van der Waals surface area contributed by atoms with E-state index in [2.05, 4.69) is 55.5 Å². The van der Waals surface area contributed by atoms with E-state index in [4.69, 9.17) is 0 Å². The second kappa shape index (κ2) is 7.93. The fraction of sp³-hybridized carbons (Fsp3) is 0.379. The van der Waals surface area contributed by atoms with Crippen LogP contribution in [0, 0.1) is 12.8 Å². The Balaban J connectivity index is 1.64. The molecule has 2 nitrogen and oxygen atoms in total. The lowest BCUT2D eigenvalue weighted by molar-refractivity contribution is -0.143. The van der Waals surface area contributed by atoms with Crippen LogP contribution in [0.1, 0.15) is 53.5 Å². The Bertz CT molecular complexity index is 1040. The van der Waals surface area contributed by atoms with Crippen molar-refractivity contribution in [2.45, 2.75) is 62.6 Å². The Morgan fingerprint density at radius 1 is 0.903 bits per heavy atom. The number of benzene rings is 3. The van der Waals surface area contributed by atoms with Gasteiger partial charge in [0.05, 0.1) is 6.10 Å². The van der Waals surface area contributed by atoms with Gasteiger partial charge in [-0.1, -0.05) is 84.4 Å². The number of aliphatic hydroxyl groups is 2. The predicted molar refractivity (Wildman–Crippen MR) is 125 cm³/mol. The van der Waals surface area contributed by atoms with Crippen molar-refractivity contribution in [1.29, 1.82) is 0 Å². The van der Waals surface area contributed by atoms with Crippen molar-refractivity contribution in [2.75, 3.05) is 0 Å². The van der Waals surface area contributed by atoms with Gasteiger partial charge in [0.2, 0.25) is 0 Å². The molecule has 1 fully saturated rings. The molecule has 0 aromatic heterocycles. The highest BCUT2D eigenvalue weighted by atomic mass is 16.3. The first kappa shape index (κ1) is 20.5. The van der Waals surface area contributed by atoms with E-state index in [9.17, 15) is 10.2 Å². The van der Waals surface area contributed by atoms with Crippen molar-refractivity contribution < 1.29 is 10.2 Å². The highest BCUT2D eigenvalue weighted by Crippen LogP contribution is 2.55. The van der Waals surface area contributed by atoms with E-state index in [0.29, 0.717) is 18.8 Å². The molecule has 0 aliphatic heterocycles. The van der Waals surface area contributed by atoms with E-state index in [1.807, 2.05) is 30.3 Å². The molecule has 3 aromatic carbocycles. The maximum absolute atomic E-state index is 11.8. The fourth-order valence-electron chi connectivity index (χ4n) is 6.36. The predicted octanol–water partition coefficient (Wildman–Crippen LogP) is 5.47. The first-order valence-electron chi connectivity index (χ1n) is 11.6. The molecule has 3 aromatic rings. The average molecular weight is 413 g/mol. The zero-order valence-electron chi connectivity index (χ0n) is 18.3. The Morgan fingerprint density at radius 2 is 1.61 bits per heavy atom. The molecule has 4 atom stereocenters. The molecule has 2 aliphatic carbocycles. The minimum Gasteiger partial charge on any atom is -0.390 e. The molecule has 0 bridgehead atoms. The summed E-state index contributed by atoms with van der Waals surface area (Å²) in [5, 5.41) is 23.3. The van der Waals surface area contributed by atoms with Crippen LogP contribution in [0.2, 0.25) is 0 Å². The van der Waals surface area contributed by atoms with Crippen LogP contribution in [0.3, 0.4) is 0 Å². The molecule has 2 heteroatoms. The lowest BCUT2D eigenvalue weighted by Gasteiger charge is -2.53. The molecule has 2 aliphatic rings. The van der Waals surface area contributed by atoms with Crippen LogP contribution in [0.4, 0.5) is 0 Å². The third-order valence-electron chi connectivity index (χ3n) is 7.88. The molecule has 0 unspecified atom stereocenters. The van der Waals surface area contributed by atoms with Gasteiger partial charge in [-0.3, -0.25) is 0 Å². The minimum absolute atomic E-state index is 0.165.